The van der Waals surface area contributed by atoms with Gasteiger partial charge in [0, 0.05) is 19.6 Å². The number of ether oxygens (including phenoxy) is 3. The molecule has 228 valence electrons. The highest BCUT2D eigenvalue weighted by Gasteiger charge is 2.76. The average molecular weight is 596 g/mol. The third-order valence-electron chi connectivity index (χ3n) is 9.06. The van der Waals surface area contributed by atoms with Crippen molar-refractivity contribution in [2.24, 2.45) is 11.8 Å². The zero-order valence-corrected chi connectivity index (χ0v) is 25.1. The number of amides is 3. The Morgan fingerprint density at radius 2 is 1.36 bits per heavy atom. The van der Waals surface area contributed by atoms with E-state index in [0.717, 1.165) is 28.2 Å². The molecule has 44 heavy (non-hydrogen) atoms. The molecular formula is C35H37N3O6. The van der Waals surface area contributed by atoms with Gasteiger partial charge >= 0.3 is 0 Å². The largest absolute Gasteiger partial charge is 0.497 e. The van der Waals surface area contributed by atoms with Crippen LogP contribution in [0.15, 0.2) is 91.0 Å². The first kappa shape index (κ1) is 29.4. The number of fused-ring (bicyclic) bond motifs is 1. The van der Waals surface area contributed by atoms with Gasteiger partial charge in [-0.3, -0.25) is 14.4 Å². The standard InChI is InChI=1S/C35H37N3O6/c1-34-18-19-35(44-34)29(28(34)31(39)36-22-25-11-15-27(43-3)16-12-25)33(41)38(20-17-23-9-13-26(42-2)14-10-23)30(35)32(40)37-21-24-7-5-4-6-8-24/h4-16,18-19,28-30H,17,20-22H2,1-3H3,(H,36,39)(H,37,40)/t28-,29+,30-,34+,35-/m1/s1. The molecule has 6 rings (SSSR count). The lowest BCUT2D eigenvalue weighted by Gasteiger charge is -2.33. The third kappa shape index (κ3) is 5.21. The van der Waals surface area contributed by atoms with Crippen LogP contribution in [0.5, 0.6) is 11.5 Å². The summed E-state index contributed by atoms with van der Waals surface area (Å²) in [5.74, 6) is -1.02. The molecule has 0 aliphatic carbocycles. The fourth-order valence-electron chi connectivity index (χ4n) is 6.84. The lowest BCUT2D eigenvalue weighted by Crippen LogP contribution is -2.55. The molecule has 0 saturated carbocycles. The van der Waals surface area contributed by atoms with Gasteiger partial charge in [0.2, 0.25) is 17.7 Å². The molecule has 3 aliphatic heterocycles. The summed E-state index contributed by atoms with van der Waals surface area (Å²) in [5, 5.41) is 6.05. The predicted molar refractivity (Wildman–Crippen MR) is 164 cm³/mol. The monoisotopic (exact) mass is 595 g/mol. The van der Waals surface area contributed by atoms with Crippen molar-refractivity contribution < 1.29 is 28.6 Å². The maximum Gasteiger partial charge on any atom is 0.246 e. The summed E-state index contributed by atoms with van der Waals surface area (Å²) in [6.45, 7) is 2.71. The summed E-state index contributed by atoms with van der Waals surface area (Å²) in [5.41, 5.74) is 0.562. The van der Waals surface area contributed by atoms with Crippen molar-refractivity contribution >= 4 is 17.7 Å². The third-order valence-corrected chi connectivity index (χ3v) is 9.06. The van der Waals surface area contributed by atoms with Gasteiger partial charge in [0.25, 0.3) is 0 Å². The van der Waals surface area contributed by atoms with Crippen molar-refractivity contribution in [1.29, 1.82) is 0 Å². The number of likely N-dealkylation sites (tertiary alicyclic amines) is 1. The van der Waals surface area contributed by atoms with Crippen LogP contribution in [0.1, 0.15) is 23.6 Å². The molecule has 2 bridgehead atoms. The molecule has 3 aromatic rings. The first-order valence-electron chi connectivity index (χ1n) is 14.8. The van der Waals surface area contributed by atoms with Gasteiger partial charge in [-0.15, -0.1) is 0 Å². The van der Waals surface area contributed by atoms with E-state index in [-0.39, 0.29) is 24.3 Å². The second kappa shape index (κ2) is 11.8. The highest BCUT2D eigenvalue weighted by Crippen LogP contribution is 2.59. The van der Waals surface area contributed by atoms with Crippen LogP contribution in [0.4, 0.5) is 0 Å². The number of methoxy groups -OCH3 is 2. The van der Waals surface area contributed by atoms with Crippen molar-refractivity contribution in [2.75, 3.05) is 20.8 Å². The molecule has 0 radical (unpaired) electrons. The van der Waals surface area contributed by atoms with Gasteiger partial charge < -0.3 is 29.7 Å². The molecule has 0 unspecified atom stereocenters. The van der Waals surface area contributed by atoms with E-state index in [1.165, 1.54) is 0 Å². The Morgan fingerprint density at radius 3 is 1.98 bits per heavy atom. The minimum atomic E-state index is -1.26. The maximum absolute atomic E-state index is 14.3. The highest BCUT2D eigenvalue weighted by atomic mass is 16.5. The van der Waals surface area contributed by atoms with Gasteiger partial charge in [0.05, 0.1) is 31.7 Å². The Balaban J connectivity index is 1.26. The normalized spacial score (nSPS) is 26.4. The Kier molecular flexibility index (Phi) is 7.90. The SMILES string of the molecule is COc1ccc(CCN2C(=O)[C@@H]3[C@H](C(=O)NCc4ccc(OC)cc4)[C@]4(C)C=C[C@]3(O4)[C@H]2C(=O)NCc2ccccc2)cc1. The van der Waals surface area contributed by atoms with Crippen molar-refractivity contribution in [3.05, 3.63) is 108 Å². The van der Waals surface area contributed by atoms with E-state index in [4.69, 9.17) is 14.2 Å². The maximum atomic E-state index is 14.3. The fourth-order valence-corrected chi connectivity index (χ4v) is 6.84. The molecule has 5 atom stereocenters. The second-order valence-corrected chi connectivity index (χ2v) is 11.7. The van der Waals surface area contributed by atoms with E-state index in [2.05, 4.69) is 10.6 Å². The van der Waals surface area contributed by atoms with E-state index < -0.39 is 29.1 Å². The van der Waals surface area contributed by atoms with Gasteiger partial charge in [0.1, 0.15) is 23.1 Å². The van der Waals surface area contributed by atoms with Crippen LogP contribution in [0.2, 0.25) is 0 Å². The molecular weight excluding hydrogens is 558 g/mol. The van der Waals surface area contributed by atoms with Gasteiger partial charge in [-0.05, 0) is 54.3 Å². The molecule has 9 nitrogen and oxygen atoms in total. The molecule has 9 heteroatoms. The number of hydrogen-bond donors (Lipinski definition) is 2. The first-order valence-corrected chi connectivity index (χ1v) is 14.8. The molecule has 3 amide bonds. The van der Waals surface area contributed by atoms with Crippen molar-refractivity contribution in [3.63, 3.8) is 0 Å². The topological polar surface area (TPSA) is 106 Å². The lowest BCUT2D eigenvalue weighted by molar-refractivity contribution is -0.145. The van der Waals surface area contributed by atoms with Gasteiger partial charge in [-0.2, -0.15) is 0 Å². The molecule has 2 saturated heterocycles. The second-order valence-electron chi connectivity index (χ2n) is 11.7. The lowest BCUT2D eigenvalue weighted by atomic mass is 9.70. The summed E-state index contributed by atoms with van der Waals surface area (Å²) in [6, 6.07) is 23.8. The predicted octanol–water partition coefficient (Wildman–Crippen LogP) is 3.42. The van der Waals surface area contributed by atoms with Gasteiger partial charge in [0.15, 0.2) is 0 Å². The number of carbonyl (C=O) groups excluding carboxylic acids is 3. The van der Waals surface area contributed by atoms with Crippen LogP contribution in [0, 0.1) is 11.8 Å². The summed E-state index contributed by atoms with van der Waals surface area (Å²) in [6.07, 6.45) is 4.21. The number of hydrogen-bond acceptors (Lipinski definition) is 6. The first-order chi connectivity index (χ1) is 21.3. The average Bonchev–Trinajstić information content (AvgIpc) is 3.62. The van der Waals surface area contributed by atoms with Crippen molar-refractivity contribution in [2.45, 2.75) is 43.7 Å². The van der Waals surface area contributed by atoms with Crippen LogP contribution >= 0.6 is 0 Å². The quantitative estimate of drug-likeness (QED) is 0.329. The van der Waals surface area contributed by atoms with Gasteiger partial charge in [-0.1, -0.05) is 66.7 Å². The summed E-state index contributed by atoms with van der Waals surface area (Å²) >= 11 is 0. The van der Waals surface area contributed by atoms with Crippen LogP contribution in [0.3, 0.4) is 0 Å². The van der Waals surface area contributed by atoms with Crippen LogP contribution in [-0.2, 0) is 38.6 Å². The number of rotatable bonds is 11. The highest BCUT2D eigenvalue weighted by molar-refractivity contribution is 6.00. The fraction of sp³-hybridized carbons (Fsp3) is 0.343. The molecule has 1 spiro atoms. The molecule has 3 heterocycles. The molecule has 3 aromatic carbocycles. The molecule has 2 fully saturated rings. The zero-order chi connectivity index (χ0) is 30.9. The summed E-state index contributed by atoms with van der Waals surface area (Å²) in [7, 11) is 3.21. The molecule has 2 N–H and O–H groups in total. The Labute approximate surface area is 257 Å². The molecule has 3 aliphatic rings. The number of nitrogens with zero attached hydrogens (tertiary/aromatic N) is 1. The Bertz CT molecular complexity index is 1560. The van der Waals surface area contributed by atoms with E-state index in [0.29, 0.717) is 19.5 Å². The number of carbonyl (C=O) groups is 3. The zero-order valence-electron chi connectivity index (χ0n) is 25.1. The van der Waals surface area contributed by atoms with Crippen molar-refractivity contribution in [1.82, 2.24) is 15.5 Å². The summed E-state index contributed by atoms with van der Waals surface area (Å²) < 4.78 is 17.1. The van der Waals surface area contributed by atoms with Crippen LogP contribution < -0.4 is 20.1 Å². The Morgan fingerprint density at radius 1 is 0.795 bits per heavy atom. The van der Waals surface area contributed by atoms with Crippen LogP contribution in [-0.4, -0.2) is 60.6 Å². The van der Waals surface area contributed by atoms with Crippen LogP contribution in [0.25, 0.3) is 0 Å². The van der Waals surface area contributed by atoms with E-state index in [9.17, 15) is 14.4 Å². The summed E-state index contributed by atoms with van der Waals surface area (Å²) in [4.78, 5) is 43.7. The Hall–Kier alpha value is -4.63. The minimum absolute atomic E-state index is 0.254. The number of benzene rings is 3. The smallest absolute Gasteiger partial charge is 0.246 e. The van der Waals surface area contributed by atoms with E-state index in [1.807, 2.05) is 97.9 Å². The van der Waals surface area contributed by atoms with E-state index in [1.54, 1.807) is 19.1 Å². The molecule has 0 aromatic heterocycles. The van der Waals surface area contributed by atoms with E-state index >= 15 is 0 Å². The van der Waals surface area contributed by atoms with Crippen molar-refractivity contribution in [3.8, 4) is 11.5 Å². The number of nitrogens with one attached hydrogen (secondary N) is 2. The minimum Gasteiger partial charge on any atom is -0.497 e. The van der Waals surface area contributed by atoms with Gasteiger partial charge in [-0.25, -0.2) is 0 Å².